The van der Waals surface area contributed by atoms with E-state index in [1.165, 1.54) is 0 Å². The maximum absolute atomic E-state index is 14.5. The molecular formula is C39H48N6O5. The highest BCUT2D eigenvalue weighted by atomic mass is 16.5. The first-order chi connectivity index (χ1) is 24.3. The number of aromatic nitrogens is 2. The van der Waals surface area contributed by atoms with Crippen molar-refractivity contribution in [2.45, 2.75) is 72.0 Å². The molecule has 1 aromatic heterocycles. The summed E-state index contributed by atoms with van der Waals surface area (Å²) in [5, 5.41) is 20.8. The van der Waals surface area contributed by atoms with Crippen molar-refractivity contribution >= 4 is 23.5 Å². The molecule has 4 amide bonds. The van der Waals surface area contributed by atoms with Gasteiger partial charge in [-0.2, -0.15) is 5.10 Å². The van der Waals surface area contributed by atoms with Crippen molar-refractivity contribution in [3.05, 3.63) is 106 Å². The number of anilines is 1. The number of aliphatic hydroxyl groups excluding tert-OH is 1. The van der Waals surface area contributed by atoms with Crippen LogP contribution in [0.25, 0.3) is 5.69 Å². The highest BCUT2D eigenvalue weighted by Gasteiger charge is 2.32. The lowest BCUT2D eigenvalue weighted by atomic mass is 9.93. The number of para-hydroxylation sites is 1. The Kier molecular flexibility index (Phi) is 12.3. The number of fused-ring (bicyclic) bond motifs is 1. The summed E-state index contributed by atoms with van der Waals surface area (Å²) in [5.74, 6) is 0.208. The summed E-state index contributed by atoms with van der Waals surface area (Å²) >= 11 is 0. The predicted octanol–water partition coefficient (Wildman–Crippen LogP) is 6.11. The lowest BCUT2D eigenvalue weighted by molar-refractivity contribution is 0.0544. The van der Waals surface area contributed by atoms with Crippen molar-refractivity contribution in [3.8, 4) is 11.4 Å². The number of hydrogen-bond donors (Lipinski definition) is 3. The van der Waals surface area contributed by atoms with E-state index in [1.54, 1.807) is 41.0 Å². The Morgan fingerprint density at radius 3 is 2.36 bits per heavy atom. The van der Waals surface area contributed by atoms with Gasteiger partial charge in [0, 0.05) is 43.1 Å². The molecule has 1 atom stereocenters. The summed E-state index contributed by atoms with van der Waals surface area (Å²) in [6, 6.07) is 21.3. The maximum Gasteiger partial charge on any atom is 0.319 e. The zero-order valence-electron chi connectivity index (χ0n) is 29.4. The number of ether oxygens (including phenoxy) is 1. The standard InChI is InChI=1S/C39H48N6O5/c1-5-7-19-43(20-8-6-2)38(48)34-21-27(3)45(42-34)35-18-17-31(41-39(49)40-24-29-14-11-12-16-36(29)50-4)23-33(35)37(47)44-25-30-15-10-9-13-28(30)22-32(44)26-46/h9-18,21,23,32,46H,5-8,19-20,22,24-26H2,1-4H3,(H2,40,41,49)/t32-/m0/s1. The lowest BCUT2D eigenvalue weighted by Crippen LogP contribution is -2.46. The Bertz CT molecular complexity index is 1800. The van der Waals surface area contributed by atoms with Crippen LogP contribution in [0.4, 0.5) is 10.5 Å². The van der Waals surface area contributed by atoms with Crippen LogP contribution in [0.3, 0.4) is 0 Å². The number of carbonyl (C=O) groups is 3. The van der Waals surface area contributed by atoms with Gasteiger partial charge >= 0.3 is 6.03 Å². The molecule has 0 bridgehead atoms. The number of amides is 4. The van der Waals surface area contributed by atoms with Crippen molar-refractivity contribution in [2.75, 3.05) is 32.1 Å². The molecule has 4 aromatic rings. The molecule has 0 unspecified atom stereocenters. The zero-order chi connectivity index (χ0) is 35.6. The fourth-order valence-electron chi connectivity index (χ4n) is 6.31. The van der Waals surface area contributed by atoms with Crippen LogP contribution in [0, 0.1) is 6.92 Å². The van der Waals surface area contributed by atoms with Crippen LogP contribution in [0.1, 0.15) is 82.8 Å². The van der Waals surface area contributed by atoms with E-state index in [2.05, 4.69) is 24.5 Å². The molecule has 5 rings (SSSR count). The third-order valence-corrected chi connectivity index (χ3v) is 9.13. The van der Waals surface area contributed by atoms with E-state index >= 15 is 0 Å². The SMILES string of the molecule is CCCCN(CCCC)C(=O)c1cc(C)n(-c2ccc(NC(=O)NCc3ccccc3OC)cc2C(=O)N2Cc3ccccc3C[C@H]2CO)n1. The zero-order valence-corrected chi connectivity index (χ0v) is 29.4. The van der Waals surface area contributed by atoms with E-state index in [1.807, 2.05) is 60.4 Å². The second-order valence-electron chi connectivity index (χ2n) is 12.7. The van der Waals surface area contributed by atoms with Crippen LogP contribution in [0.15, 0.2) is 72.8 Å². The minimum atomic E-state index is -0.454. The molecule has 0 fully saturated rings. The number of methoxy groups -OCH3 is 1. The van der Waals surface area contributed by atoms with E-state index in [-0.39, 0.29) is 30.5 Å². The van der Waals surface area contributed by atoms with Crippen molar-refractivity contribution in [1.29, 1.82) is 0 Å². The van der Waals surface area contributed by atoms with E-state index in [4.69, 9.17) is 9.84 Å². The molecule has 50 heavy (non-hydrogen) atoms. The summed E-state index contributed by atoms with van der Waals surface area (Å²) in [5.41, 5.74) is 5.08. The Labute approximate surface area is 294 Å². The van der Waals surface area contributed by atoms with Crippen LogP contribution >= 0.6 is 0 Å². The van der Waals surface area contributed by atoms with Crippen molar-refractivity contribution in [2.24, 2.45) is 0 Å². The summed E-state index contributed by atoms with van der Waals surface area (Å²) in [6.07, 6.45) is 4.27. The highest BCUT2D eigenvalue weighted by Crippen LogP contribution is 2.29. The number of nitrogens with one attached hydrogen (secondary N) is 2. The second-order valence-corrected chi connectivity index (χ2v) is 12.7. The van der Waals surface area contributed by atoms with Gasteiger partial charge in [-0.1, -0.05) is 69.2 Å². The number of carbonyl (C=O) groups excluding carboxylic acids is 3. The number of unbranched alkanes of at least 4 members (excludes halogenated alkanes) is 2. The maximum atomic E-state index is 14.5. The topological polar surface area (TPSA) is 129 Å². The predicted molar refractivity (Wildman–Crippen MR) is 194 cm³/mol. The van der Waals surface area contributed by atoms with Gasteiger partial charge in [0.1, 0.15) is 5.75 Å². The molecule has 0 aliphatic carbocycles. The van der Waals surface area contributed by atoms with Crippen LogP contribution in [0.5, 0.6) is 5.75 Å². The number of aliphatic hydroxyl groups is 1. The van der Waals surface area contributed by atoms with Gasteiger partial charge in [0.2, 0.25) is 0 Å². The Morgan fingerprint density at radius 1 is 0.960 bits per heavy atom. The average Bonchev–Trinajstić information content (AvgIpc) is 3.53. The minimum Gasteiger partial charge on any atom is -0.496 e. The van der Waals surface area contributed by atoms with Crippen molar-refractivity contribution in [3.63, 3.8) is 0 Å². The lowest BCUT2D eigenvalue weighted by Gasteiger charge is -2.36. The molecule has 0 saturated heterocycles. The van der Waals surface area contributed by atoms with Crippen LogP contribution in [0.2, 0.25) is 0 Å². The van der Waals surface area contributed by atoms with E-state index < -0.39 is 12.1 Å². The van der Waals surface area contributed by atoms with E-state index in [0.717, 1.165) is 42.4 Å². The van der Waals surface area contributed by atoms with Gasteiger partial charge in [0.15, 0.2) is 5.69 Å². The van der Waals surface area contributed by atoms with Crippen molar-refractivity contribution in [1.82, 2.24) is 24.9 Å². The number of hydrogen-bond acceptors (Lipinski definition) is 6. The largest absolute Gasteiger partial charge is 0.496 e. The van der Waals surface area contributed by atoms with Gasteiger partial charge in [-0.3, -0.25) is 9.59 Å². The number of benzene rings is 3. The van der Waals surface area contributed by atoms with E-state index in [9.17, 15) is 19.5 Å². The highest BCUT2D eigenvalue weighted by molar-refractivity contribution is 6.00. The second kappa shape index (κ2) is 17.0. The first-order valence-corrected chi connectivity index (χ1v) is 17.4. The molecule has 0 radical (unpaired) electrons. The molecule has 3 aromatic carbocycles. The summed E-state index contributed by atoms with van der Waals surface area (Å²) in [4.78, 5) is 44.8. The smallest absolute Gasteiger partial charge is 0.319 e. The van der Waals surface area contributed by atoms with Crippen LogP contribution < -0.4 is 15.4 Å². The summed E-state index contributed by atoms with van der Waals surface area (Å²) in [6.45, 7) is 7.72. The average molecular weight is 681 g/mol. The van der Waals surface area contributed by atoms with Crippen LogP contribution in [-0.2, 0) is 19.5 Å². The van der Waals surface area contributed by atoms with E-state index in [0.29, 0.717) is 54.6 Å². The fourth-order valence-corrected chi connectivity index (χ4v) is 6.31. The molecule has 3 N–H and O–H groups in total. The summed E-state index contributed by atoms with van der Waals surface area (Å²) in [7, 11) is 1.58. The molecular weight excluding hydrogens is 632 g/mol. The van der Waals surface area contributed by atoms with Crippen molar-refractivity contribution < 1.29 is 24.2 Å². The molecule has 0 spiro atoms. The third-order valence-electron chi connectivity index (χ3n) is 9.13. The molecule has 11 heteroatoms. The number of rotatable bonds is 14. The Morgan fingerprint density at radius 2 is 1.66 bits per heavy atom. The molecule has 0 saturated carbocycles. The number of aryl methyl sites for hydroxylation is 1. The Hall–Kier alpha value is -5.16. The van der Waals surface area contributed by atoms with Gasteiger partial charge in [0.25, 0.3) is 11.8 Å². The van der Waals surface area contributed by atoms with Gasteiger partial charge in [-0.25, -0.2) is 9.48 Å². The van der Waals surface area contributed by atoms with Gasteiger partial charge in [0.05, 0.1) is 31.0 Å². The Balaban J connectivity index is 1.48. The molecule has 264 valence electrons. The van der Waals surface area contributed by atoms with Crippen LogP contribution in [-0.4, -0.2) is 75.4 Å². The molecule has 1 aliphatic rings. The quantitative estimate of drug-likeness (QED) is 0.147. The molecule has 11 nitrogen and oxygen atoms in total. The minimum absolute atomic E-state index is 0.139. The van der Waals surface area contributed by atoms with Gasteiger partial charge in [-0.15, -0.1) is 0 Å². The molecule has 1 aliphatic heterocycles. The first-order valence-electron chi connectivity index (χ1n) is 17.4. The number of urea groups is 1. The van der Waals surface area contributed by atoms with Gasteiger partial charge < -0.3 is 30.3 Å². The number of nitrogens with zero attached hydrogens (tertiary/aromatic N) is 4. The monoisotopic (exact) mass is 680 g/mol. The fraction of sp³-hybridized carbons (Fsp3) is 0.385. The third kappa shape index (κ3) is 8.34. The normalized spacial score (nSPS) is 13.8. The van der Waals surface area contributed by atoms with Gasteiger partial charge in [-0.05, 0) is 67.6 Å². The summed E-state index contributed by atoms with van der Waals surface area (Å²) < 4.78 is 7.02. The first kappa shape index (κ1) is 36.1. The molecule has 2 heterocycles.